The highest BCUT2D eigenvalue weighted by molar-refractivity contribution is 7.66. The number of aliphatic hydroxyl groups is 3. The van der Waals surface area contributed by atoms with Gasteiger partial charge in [0.1, 0.15) is 42.4 Å². The second-order valence-corrected chi connectivity index (χ2v) is 22.0. The van der Waals surface area contributed by atoms with Crippen LogP contribution < -0.4 is 43.1 Å². The van der Waals surface area contributed by atoms with Gasteiger partial charge in [-0.15, -0.1) is 0 Å². The summed E-state index contributed by atoms with van der Waals surface area (Å²) in [4.78, 5) is 102. The molecule has 0 spiro atoms. The summed E-state index contributed by atoms with van der Waals surface area (Å²) in [5.41, 5.74) is 16.2. The number of hydrogen-bond donors (Lipinski definition) is 11. The normalized spacial score (nSPS) is 29.3. The van der Waals surface area contributed by atoms with Crippen LogP contribution in [-0.2, 0) is 66.9 Å². The van der Waals surface area contributed by atoms with Crippen molar-refractivity contribution >= 4 is 80.6 Å². The van der Waals surface area contributed by atoms with Crippen LogP contribution in [0.5, 0.6) is 0 Å². The van der Waals surface area contributed by atoms with E-state index in [0.29, 0.717) is 0 Å². The van der Waals surface area contributed by atoms with E-state index < -0.39 is 140 Å². The van der Waals surface area contributed by atoms with Gasteiger partial charge in [0.2, 0.25) is 30.4 Å². The average molecular weight is 1130 g/mol. The van der Waals surface area contributed by atoms with Gasteiger partial charge in [-0.3, -0.25) is 42.6 Å². The number of aromatic nitrogens is 12. The van der Waals surface area contributed by atoms with Crippen molar-refractivity contribution in [2.24, 2.45) is 18.9 Å². The molecule has 0 aromatic carbocycles. The van der Waals surface area contributed by atoms with E-state index in [0.717, 1.165) is 12.7 Å². The van der Waals surface area contributed by atoms with E-state index in [4.69, 9.17) is 49.9 Å². The van der Waals surface area contributed by atoms with Crippen molar-refractivity contribution in [3.05, 3.63) is 46.0 Å². The molecule has 1 amide bonds. The van der Waals surface area contributed by atoms with Crippen LogP contribution in [0.25, 0.3) is 33.5 Å². The minimum absolute atomic E-state index is 0.0121. The van der Waals surface area contributed by atoms with Crippen LogP contribution in [0, 0.1) is 11.8 Å². The minimum atomic E-state index is -6.16. The van der Waals surface area contributed by atoms with Gasteiger partial charge in [0, 0.05) is 39.0 Å². The molecule has 3 aliphatic rings. The largest absolute Gasteiger partial charge is 0.756 e. The third kappa shape index (κ3) is 10.9. The first-order valence-electron chi connectivity index (χ1n) is 22.3. The number of imidazole rings is 3. The Morgan fingerprint density at radius 3 is 2.09 bits per heavy atom. The average Bonchev–Trinajstić information content (AvgIpc) is 4.19. The zero-order valence-electron chi connectivity index (χ0n) is 39.6. The van der Waals surface area contributed by atoms with Crippen LogP contribution >= 0.6 is 23.5 Å². The number of nitrogens with two attached hydrogens (primary N) is 3. The molecule has 3 aliphatic heterocycles. The summed E-state index contributed by atoms with van der Waals surface area (Å²) in [6, 6.07) is 0. The second-order valence-electron chi connectivity index (χ2n) is 17.4. The Balaban J connectivity index is 0.857. The van der Waals surface area contributed by atoms with Gasteiger partial charge in [-0.25, -0.2) is 37.9 Å². The first-order chi connectivity index (χ1) is 35.9. The molecule has 40 heteroatoms. The van der Waals surface area contributed by atoms with Crippen LogP contribution in [0.15, 0.2) is 34.9 Å². The number of nitrogens with one attached hydrogen (secondary N) is 3. The molecule has 37 nitrogen and oxygen atoms in total. The molecular formula is C36H49N16O21P3. The van der Waals surface area contributed by atoms with E-state index in [-0.39, 0.29) is 57.8 Å². The van der Waals surface area contributed by atoms with Crippen molar-refractivity contribution in [1.82, 2.24) is 58.9 Å². The van der Waals surface area contributed by atoms with Gasteiger partial charge in [-0.2, -0.15) is 18.8 Å². The molecule has 3 unspecified atom stereocenters. The number of aliphatic hydroxyl groups excluding tert-OH is 3. The van der Waals surface area contributed by atoms with Crippen LogP contribution in [0.2, 0.25) is 0 Å². The third-order valence-corrected chi connectivity index (χ3v) is 16.8. The molecule has 6 aromatic rings. The highest BCUT2D eigenvalue weighted by Crippen LogP contribution is 2.67. The van der Waals surface area contributed by atoms with Crippen LogP contribution in [0.1, 0.15) is 25.1 Å². The molecule has 414 valence electrons. The van der Waals surface area contributed by atoms with Gasteiger partial charge in [0.15, 0.2) is 35.1 Å². The number of aromatic amines is 2. The van der Waals surface area contributed by atoms with E-state index in [1.807, 2.05) is 0 Å². The predicted molar refractivity (Wildman–Crippen MR) is 247 cm³/mol. The Morgan fingerprint density at radius 1 is 0.763 bits per heavy atom. The summed E-state index contributed by atoms with van der Waals surface area (Å²) in [7, 11) is -14.0. The minimum Gasteiger partial charge on any atom is -0.756 e. The number of phosphoric acid groups is 3. The van der Waals surface area contributed by atoms with Gasteiger partial charge in [-0.1, -0.05) is 0 Å². The van der Waals surface area contributed by atoms with E-state index in [9.17, 15) is 58.1 Å². The smallest absolute Gasteiger partial charge is 0.487 e. The Kier molecular flexibility index (Phi) is 15.3. The van der Waals surface area contributed by atoms with E-state index in [1.54, 1.807) is 0 Å². The molecule has 9 rings (SSSR count). The number of methoxy groups -OCH3 is 2. The van der Waals surface area contributed by atoms with Crippen molar-refractivity contribution < 1.29 is 94.4 Å². The molecular weight excluding hydrogens is 1090 g/mol. The zero-order valence-corrected chi connectivity index (χ0v) is 42.3. The van der Waals surface area contributed by atoms with E-state index in [2.05, 4.69) is 53.8 Å². The number of carbonyl (C=O) groups excluding carboxylic acids is 1. The fourth-order valence-corrected chi connectivity index (χ4v) is 12.7. The maximum Gasteiger partial charge on any atom is 0.487 e. The van der Waals surface area contributed by atoms with Gasteiger partial charge >= 0.3 is 21.2 Å². The number of aryl methyl sites for hydroxylation is 1. The maximum absolute atomic E-state index is 13.7. The number of rotatable bonds is 20. The van der Waals surface area contributed by atoms with Gasteiger partial charge in [0.25, 0.3) is 24.5 Å². The molecule has 3 saturated heterocycles. The summed E-state index contributed by atoms with van der Waals surface area (Å²) in [5.74, 6) is -3.48. The lowest BCUT2D eigenvalue weighted by Gasteiger charge is -2.27. The van der Waals surface area contributed by atoms with E-state index >= 15 is 0 Å². The van der Waals surface area contributed by atoms with Crippen LogP contribution in [0.3, 0.4) is 0 Å². The third-order valence-electron chi connectivity index (χ3n) is 12.6. The summed E-state index contributed by atoms with van der Waals surface area (Å²) in [6.45, 7) is -2.68. The van der Waals surface area contributed by atoms with Crippen molar-refractivity contribution in [2.45, 2.75) is 67.8 Å². The van der Waals surface area contributed by atoms with Crippen molar-refractivity contribution in [2.75, 3.05) is 57.8 Å². The molecule has 14 N–H and O–H groups in total. The lowest BCUT2D eigenvalue weighted by molar-refractivity contribution is -0.646. The van der Waals surface area contributed by atoms with E-state index in [1.165, 1.54) is 52.2 Å². The number of anilines is 3. The molecule has 0 bridgehead atoms. The summed E-state index contributed by atoms with van der Waals surface area (Å²) < 4.78 is 91.8. The Hall–Kier alpha value is -5.79. The standard InChI is InChI=1S/C36H49N16O21P3/c1-49-12-52(29-21(49)31(58)48-36(39)46-29)32-22(54)14(6-65-2)17(70-32)8-68-75(61,62)73-76(63,64)72-74(59,60)67-7-16-13(25(66-3)34(71-16)50-10-43-19-26(37)41-9-42-27(19)50)4-18(53)40-5-15-23(55)24(56)33(69-15)51-11-44-20-28(51)45-35(38)47-30(20)57/h9-17,22-25,32-34,54-56H,4-8H2,1-3H3,(H11-,37,38,39,40,41,42,45,46,47,48,53,57,58,59,60,61,62,63,64)/t13-,14-,15-,16-,17-,22-,23-,24-,25-,32-,33-,34-/m1/s1. The number of amides is 1. The molecule has 76 heavy (non-hydrogen) atoms. The number of hydrogen-bond acceptors (Lipinski definition) is 28. The number of H-pyrrole nitrogens is 2. The summed E-state index contributed by atoms with van der Waals surface area (Å²) in [5, 5.41) is 35.7. The highest BCUT2D eigenvalue weighted by atomic mass is 31.3. The SMILES string of the molecule is COC[C@H]1[C@@H](O)[C@H](n2c[n+](C)c3c(=O)[nH]c(N)nc32)O[C@@H]1COP(=O)([O-])OP(=O)(O)OP(=O)(O)OC[C@H]1O[C@@H](n2cnc3c(N)ncnc32)[C@H](OC)[C@@H]1CC(=O)NC[C@H]1O[C@@H](n2cnc3c(=O)[nH]c(N)nc32)[C@H](O)[C@@H]1O. The number of carbonyl (C=O) groups is 1. The number of nitrogen functional groups attached to an aromatic ring is 3. The Morgan fingerprint density at radius 2 is 1.38 bits per heavy atom. The lowest BCUT2D eigenvalue weighted by atomic mass is 9.93. The fraction of sp³-hybridized carbons (Fsp3) is 0.556. The Labute approximate surface area is 423 Å². The second kappa shape index (κ2) is 21.2. The first-order valence-corrected chi connectivity index (χ1v) is 26.7. The summed E-state index contributed by atoms with van der Waals surface area (Å²) in [6.07, 6.45) is -9.43. The zero-order chi connectivity index (χ0) is 54.8. The van der Waals surface area contributed by atoms with Crippen LogP contribution in [-0.4, -0.2) is 168 Å². The molecule has 0 radical (unpaired) electrons. The highest BCUT2D eigenvalue weighted by Gasteiger charge is 2.52. The number of fused-ring (bicyclic) bond motifs is 3. The first kappa shape index (κ1) is 55.0. The Bertz CT molecular complexity index is 3430. The molecule has 15 atom stereocenters. The van der Waals surface area contributed by atoms with Crippen LogP contribution in [0.4, 0.5) is 17.7 Å². The molecule has 3 fully saturated rings. The molecule has 9 heterocycles. The molecule has 0 aliphatic carbocycles. The lowest BCUT2D eigenvalue weighted by Crippen LogP contribution is -2.41. The monoisotopic (exact) mass is 1130 g/mol. The van der Waals surface area contributed by atoms with Gasteiger partial charge in [0.05, 0.1) is 51.7 Å². The molecule has 6 aromatic heterocycles. The van der Waals surface area contributed by atoms with Gasteiger partial charge < -0.3 is 80.7 Å². The van der Waals surface area contributed by atoms with Gasteiger partial charge in [-0.05, 0) is 0 Å². The fourth-order valence-electron chi connectivity index (χ4n) is 9.21. The summed E-state index contributed by atoms with van der Waals surface area (Å²) >= 11 is 0. The molecule has 0 saturated carbocycles. The van der Waals surface area contributed by atoms with Crippen molar-refractivity contribution in [3.8, 4) is 0 Å². The number of phosphoric ester groups is 2. The quantitative estimate of drug-likeness (QED) is 0.0252. The number of nitrogens with zero attached hydrogens (tertiary/aromatic N) is 10. The number of ether oxygens (including phenoxy) is 5. The predicted octanol–water partition coefficient (Wildman–Crippen LogP) is -4.82. The maximum atomic E-state index is 13.7. The van der Waals surface area contributed by atoms with Crippen molar-refractivity contribution in [3.63, 3.8) is 0 Å². The van der Waals surface area contributed by atoms with Crippen molar-refractivity contribution in [1.29, 1.82) is 0 Å². The topological polar surface area (TPSA) is 527 Å².